The van der Waals surface area contributed by atoms with E-state index in [1.807, 2.05) is 23.1 Å². The summed E-state index contributed by atoms with van der Waals surface area (Å²) in [6.45, 7) is 2.06. The molecule has 3 aliphatic rings. The minimum atomic E-state index is 0.116. The molecular weight excluding hydrogens is 302 g/mol. The molecule has 2 heterocycles. The van der Waals surface area contributed by atoms with Crippen LogP contribution in [0.15, 0.2) is 24.4 Å². The first-order valence-corrected chi connectivity index (χ1v) is 9.36. The standard InChI is InChI=1S/C19H27N3O2/c23-19(21-18(14-6-7-14)15-8-9-15)22-11-3-5-17(12-22)24-13-16-4-1-2-10-20-16/h1-2,4,10,14-15,17-18H,3,5-9,11-13H2,(H,21,23). The van der Waals surface area contributed by atoms with E-state index in [0.29, 0.717) is 19.2 Å². The zero-order valence-electron chi connectivity index (χ0n) is 14.2. The third kappa shape index (κ3) is 4.07. The molecule has 130 valence electrons. The van der Waals surface area contributed by atoms with Crippen molar-refractivity contribution in [2.24, 2.45) is 11.8 Å². The van der Waals surface area contributed by atoms with Crippen LogP contribution in [0.4, 0.5) is 4.79 Å². The lowest BCUT2D eigenvalue weighted by Gasteiger charge is -2.34. The molecule has 1 N–H and O–H groups in total. The lowest BCUT2D eigenvalue weighted by Crippen LogP contribution is -2.51. The number of nitrogens with one attached hydrogen (secondary N) is 1. The first-order chi connectivity index (χ1) is 11.8. The normalized spacial score (nSPS) is 24.2. The number of hydrogen-bond donors (Lipinski definition) is 1. The molecule has 1 unspecified atom stereocenters. The largest absolute Gasteiger partial charge is 0.370 e. The molecule has 5 nitrogen and oxygen atoms in total. The van der Waals surface area contributed by atoms with Gasteiger partial charge in [0.05, 0.1) is 18.4 Å². The Hall–Kier alpha value is -1.62. The predicted molar refractivity (Wildman–Crippen MR) is 91.4 cm³/mol. The fraction of sp³-hybridized carbons (Fsp3) is 0.684. The van der Waals surface area contributed by atoms with Crippen molar-refractivity contribution in [2.45, 2.75) is 57.3 Å². The summed E-state index contributed by atoms with van der Waals surface area (Å²) >= 11 is 0. The lowest BCUT2D eigenvalue weighted by atomic mass is 10.1. The molecule has 24 heavy (non-hydrogen) atoms. The minimum Gasteiger partial charge on any atom is -0.370 e. The van der Waals surface area contributed by atoms with Crippen molar-refractivity contribution in [1.82, 2.24) is 15.2 Å². The molecule has 1 aliphatic heterocycles. The molecule has 0 spiro atoms. The number of piperidine rings is 1. The zero-order valence-corrected chi connectivity index (χ0v) is 14.2. The van der Waals surface area contributed by atoms with Gasteiger partial charge in [-0.2, -0.15) is 0 Å². The van der Waals surface area contributed by atoms with Crippen LogP contribution in [0.2, 0.25) is 0 Å². The first kappa shape index (κ1) is 15.9. The van der Waals surface area contributed by atoms with E-state index in [4.69, 9.17) is 4.74 Å². The SMILES string of the molecule is O=C(NC(C1CC1)C1CC1)N1CCCC(OCc2ccccn2)C1. The van der Waals surface area contributed by atoms with E-state index in [2.05, 4.69) is 10.3 Å². The Balaban J connectivity index is 1.27. The van der Waals surface area contributed by atoms with Crippen LogP contribution >= 0.6 is 0 Å². The molecule has 1 atom stereocenters. The number of urea groups is 1. The highest BCUT2D eigenvalue weighted by Crippen LogP contribution is 2.44. The third-order valence-electron chi connectivity index (χ3n) is 5.41. The van der Waals surface area contributed by atoms with Gasteiger partial charge in [-0.05, 0) is 62.5 Å². The van der Waals surface area contributed by atoms with Crippen LogP contribution in [-0.2, 0) is 11.3 Å². The number of hydrogen-bond acceptors (Lipinski definition) is 3. The van der Waals surface area contributed by atoms with Crippen LogP contribution in [0.3, 0.4) is 0 Å². The van der Waals surface area contributed by atoms with Gasteiger partial charge >= 0.3 is 6.03 Å². The first-order valence-electron chi connectivity index (χ1n) is 9.36. The van der Waals surface area contributed by atoms with E-state index in [-0.39, 0.29) is 12.1 Å². The third-order valence-corrected chi connectivity index (χ3v) is 5.41. The molecule has 3 fully saturated rings. The van der Waals surface area contributed by atoms with E-state index in [1.54, 1.807) is 6.20 Å². The summed E-state index contributed by atoms with van der Waals surface area (Å²) < 4.78 is 5.99. The van der Waals surface area contributed by atoms with Crippen LogP contribution in [0, 0.1) is 11.8 Å². The zero-order chi connectivity index (χ0) is 16.4. The fourth-order valence-corrected chi connectivity index (χ4v) is 3.71. The Labute approximate surface area is 143 Å². The van der Waals surface area contributed by atoms with Crippen molar-refractivity contribution in [2.75, 3.05) is 13.1 Å². The number of amides is 2. The molecule has 1 saturated heterocycles. The van der Waals surface area contributed by atoms with E-state index in [1.165, 1.54) is 25.7 Å². The van der Waals surface area contributed by atoms with Crippen molar-refractivity contribution in [1.29, 1.82) is 0 Å². The number of likely N-dealkylation sites (tertiary alicyclic amines) is 1. The number of aromatic nitrogens is 1. The highest BCUT2D eigenvalue weighted by molar-refractivity contribution is 5.74. The van der Waals surface area contributed by atoms with Gasteiger partial charge in [-0.1, -0.05) is 6.07 Å². The molecule has 0 bridgehead atoms. The van der Waals surface area contributed by atoms with Crippen molar-refractivity contribution >= 4 is 6.03 Å². The summed E-state index contributed by atoms with van der Waals surface area (Å²) in [5, 5.41) is 3.32. The second kappa shape index (κ2) is 7.09. The average molecular weight is 329 g/mol. The summed E-state index contributed by atoms with van der Waals surface area (Å²) in [6.07, 6.45) is 9.09. The average Bonchev–Trinajstić information content (AvgIpc) is 3.52. The summed E-state index contributed by atoms with van der Waals surface area (Å²) in [5.41, 5.74) is 0.946. The van der Waals surface area contributed by atoms with Gasteiger partial charge in [0.25, 0.3) is 0 Å². The van der Waals surface area contributed by atoms with Gasteiger partial charge < -0.3 is 15.0 Å². The molecule has 2 aliphatic carbocycles. The number of nitrogens with zero attached hydrogens (tertiary/aromatic N) is 2. The number of pyridine rings is 1. The second-order valence-electron chi connectivity index (χ2n) is 7.49. The Kier molecular flexibility index (Phi) is 4.69. The van der Waals surface area contributed by atoms with Gasteiger partial charge in [0.2, 0.25) is 0 Å². The Bertz CT molecular complexity index is 545. The van der Waals surface area contributed by atoms with Crippen molar-refractivity contribution < 1.29 is 9.53 Å². The van der Waals surface area contributed by atoms with Gasteiger partial charge in [-0.25, -0.2) is 4.79 Å². The maximum Gasteiger partial charge on any atom is 0.317 e. The van der Waals surface area contributed by atoms with E-state index < -0.39 is 0 Å². The monoisotopic (exact) mass is 329 g/mol. The van der Waals surface area contributed by atoms with E-state index in [9.17, 15) is 4.79 Å². The maximum absolute atomic E-state index is 12.6. The predicted octanol–water partition coefficient (Wildman–Crippen LogP) is 2.96. The Morgan fingerprint density at radius 1 is 1.25 bits per heavy atom. The number of carbonyl (C=O) groups is 1. The van der Waals surface area contributed by atoms with Crippen molar-refractivity contribution in [3.8, 4) is 0 Å². The molecule has 0 radical (unpaired) electrons. The molecule has 1 aromatic heterocycles. The Morgan fingerprint density at radius 2 is 2.04 bits per heavy atom. The summed E-state index contributed by atoms with van der Waals surface area (Å²) in [5.74, 6) is 1.48. The summed E-state index contributed by atoms with van der Waals surface area (Å²) in [6, 6.07) is 6.40. The lowest BCUT2D eigenvalue weighted by molar-refractivity contribution is -0.00204. The number of rotatable bonds is 6. The molecule has 0 aromatic carbocycles. The quantitative estimate of drug-likeness (QED) is 0.873. The highest BCUT2D eigenvalue weighted by Gasteiger charge is 2.42. The fourth-order valence-electron chi connectivity index (χ4n) is 3.71. The second-order valence-corrected chi connectivity index (χ2v) is 7.49. The smallest absolute Gasteiger partial charge is 0.317 e. The van der Waals surface area contributed by atoms with Crippen molar-refractivity contribution in [3.63, 3.8) is 0 Å². The molecule has 2 saturated carbocycles. The van der Waals surface area contributed by atoms with Gasteiger partial charge in [0.15, 0.2) is 0 Å². The molecular formula is C19H27N3O2. The van der Waals surface area contributed by atoms with Gasteiger partial charge in [-0.3, -0.25) is 4.98 Å². The van der Waals surface area contributed by atoms with Crippen LogP contribution < -0.4 is 5.32 Å². The van der Waals surface area contributed by atoms with Gasteiger partial charge in [0.1, 0.15) is 0 Å². The van der Waals surface area contributed by atoms with Crippen LogP contribution in [0.1, 0.15) is 44.2 Å². The maximum atomic E-state index is 12.6. The van der Waals surface area contributed by atoms with Crippen LogP contribution in [-0.4, -0.2) is 41.2 Å². The van der Waals surface area contributed by atoms with Gasteiger partial charge in [-0.15, -0.1) is 0 Å². The summed E-state index contributed by atoms with van der Waals surface area (Å²) in [4.78, 5) is 18.9. The van der Waals surface area contributed by atoms with E-state index >= 15 is 0 Å². The van der Waals surface area contributed by atoms with E-state index in [0.717, 1.165) is 36.9 Å². The topological polar surface area (TPSA) is 54.5 Å². The highest BCUT2D eigenvalue weighted by atomic mass is 16.5. The number of carbonyl (C=O) groups excluding carboxylic acids is 1. The Morgan fingerprint density at radius 3 is 2.71 bits per heavy atom. The number of ether oxygens (including phenoxy) is 1. The van der Waals surface area contributed by atoms with Gasteiger partial charge in [0, 0.05) is 25.3 Å². The molecule has 1 aromatic rings. The van der Waals surface area contributed by atoms with Crippen LogP contribution in [0.25, 0.3) is 0 Å². The van der Waals surface area contributed by atoms with Crippen molar-refractivity contribution in [3.05, 3.63) is 30.1 Å². The minimum absolute atomic E-state index is 0.116. The summed E-state index contributed by atoms with van der Waals surface area (Å²) in [7, 11) is 0. The molecule has 2 amide bonds. The molecule has 4 rings (SSSR count). The molecule has 5 heteroatoms. The van der Waals surface area contributed by atoms with Crippen LogP contribution in [0.5, 0.6) is 0 Å².